The fourth-order valence-electron chi connectivity index (χ4n) is 3.24. The van der Waals surface area contributed by atoms with Gasteiger partial charge in [0.2, 0.25) is 5.89 Å². The minimum absolute atomic E-state index is 0. The predicted octanol–water partition coefficient (Wildman–Crippen LogP) is 2.58. The predicted molar refractivity (Wildman–Crippen MR) is 115 cm³/mol. The molecule has 0 aliphatic carbocycles. The third-order valence-electron chi connectivity index (χ3n) is 4.89. The first-order chi connectivity index (χ1) is 14.2. The molecule has 7 heteroatoms. The van der Waals surface area contributed by atoms with Crippen LogP contribution in [-0.4, -0.2) is 18.1 Å². The SMILES string of the molecule is CCN(CC)c1ccc(N=Nc2ccc(-c3nc4ccc[n+](C)c4o3)cc2)cc1.[I-]. The van der Waals surface area contributed by atoms with Gasteiger partial charge in [0.25, 0.3) is 0 Å². The lowest BCUT2D eigenvalue weighted by molar-refractivity contribution is -0.651. The molecule has 0 fully saturated rings. The average molecular weight is 513 g/mol. The maximum Gasteiger partial charge on any atom is 0.401 e. The molecule has 0 saturated heterocycles. The van der Waals surface area contributed by atoms with Gasteiger partial charge < -0.3 is 33.3 Å². The number of fused-ring (bicyclic) bond motifs is 1. The van der Waals surface area contributed by atoms with Crippen LogP contribution in [0.15, 0.2) is 81.5 Å². The summed E-state index contributed by atoms with van der Waals surface area (Å²) in [6.45, 7) is 6.29. The Kier molecular flexibility index (Phi) is 7.15. The zero-order chi connectivity index (χ0) is 20.2. The van der Waals surface area contributed by atoms with Crippen LogP contribution in [0.2, 0.25) is 0 Å². The summed E-state index contributed by atoms with van der Waals surface area (Å²) in [7, 11) is 1.94. The van der Waals surface area contributed by atoms with Crippen molar-refractivity contribution in [3.63, 3.8) is 0 Å². The summed E-state index contributed by atoms with van der Waals surface area (Å²) in [5.74, 6) is 0.595. The molecule has 0 radical (unpaired) electrons. The van der Waals surface area contributed by atoms with E-state index in [0.29, 0.717) is 5.89 Å². The third-order valence-corrected chi connectivity index (χ3v) is 4.89. The molecule has 0 N–H and O–H groups in total. The van der Waals surface area contributed by atoms with E-state index in [1.54, 1.807) is 0 Å². The molecule has 2 heterocycles. The van der Waals surface area contributed by atoms with Crippen molar-refractivity contribution in [1.82, 2.24) is 4.98 Å². The van der Waals surface area contributed by atoms with Crippen molar-refractivity contribution in [1.29, 1.82) is 0 Å². The van der Waals surface area contributed by atoms with Gasteiger partial charge in [0, 0.05) is 30.4 Å². The molecule has 4 aromatic rings. The van der Waals surface area contributed by atoms with Crippen molar-refractivity contribution in [3.8, 4) is 11.5 Å². The van der Waals surface area contributed by atoms with Gasteiger partial charge in [-0.1, -0.05) is 0 Å². The molecule has 154 valence electrons. The number of nitrogens with zero attached hydrogens (tertiary/aromatic N) is 5. The number of anilines is 1. The Morgan fingerprint density at radius 3 is 2.07 bits per heavy atom. The third kappa shape index (κ3) is 4.67. The molecule has 30 heavy (non-hydrogen) atoms. The van der Waals surface area contributed by atoms with E-state index in [2.05, 4.69) is 46.1 Å². The van der Waals surface area contributed by atoms with Crippen LogP contribution >= 0.6 is 0 Å². The van der Waals surface area contributed by atoms with E-state index in [1.807, 2.05) is 66.3 Å². The Labute approximate surface area is 193 Å². The molecule has 2 aromatic carbocycles. The van der Waals surface area contributed by atoms with Crippen LogP contribution in [0.5, 0.6) is 0 Å². The number of rotatable bonds is 6. The van der Waals surface area contributed by atoms with E-state index in [0.717, 1.165) is 41.3 Å². The fraction of sp³-hybridized carbons (Fsp3) is 0.217. The van der Waals surface area contributed by atoms with Crippen molar-refractivity contribution in [2.24, 2.45) is 17.3 Å². The highest BCUT2D eigenvalue weighted by Crippen LogP contribution is 2.26. The van der Waals surface area contributed by atoms with Gasteiger partial charge in [0.15, 0.2) is 11.7 Å². The van der Waals surface area contributed by atoms with Crippen molar-refractivity contribution in [3.05, 3.63) is 66.9 Å². The number of hydrogen-bond donors (Lipinski definition) is 0. The lowest BCUT2D eigenvalue weighted by Crippen LogP contribution is -3.00. The van der Waals surface area contributed by atoms with Gasteiger partial charge in [0.1, 0.15) is 7.05 Å². The van der Waals surface area contributed by atoms with Crippen LogP contribution in [-0.2, 0) is 7.05 Å². The number of hydrogen-bond acceptors (Lipinski definition) is 5. The van der Waals surface area contributed by atoms with Crippen LogP contribution in [0.1, 0.15) is 13.8 Å². The summed E-state index contributed by atoms with van der Waals surface area (Å²) in [4.78, 5) is 6.86. The summed E-state index contributed by atoms with van der Waals surface area (Å²) >= 11 is 0. The van der Waals surface area contributed by atoms with E-state index >= 15 is 0 Å². The van der Waals surface area contributed by atoms with Crippen LogP contribution < -0.4 is 33.4 Å². The number of aromatic nitrogens is 2. The number of aryl methyl sites for hydroxylation is 1. The summed E-state index contributed by atoms with van der Waals surface area (Å²) in [6, 6.07) is 19.8. The Morgan fingerprint density at radius 2 is 1.50 bits per heavy atom. The summed E-state index contributed by atoms with van der Waals surface area (Å²) in [5.41, 5.74) is 5.30. The maximum absolute atomic E-state index is 5.90. The first kappa shape index (κ1) is 21.9. The zero-order valence-electron chi connectivity index (χ0n) is 17.3. The van der Waals surface area contributed by atoms with Crippen LogP contribution in [0.4, 0.5) is 17.1 Å². The topological polar surface area (TPSA) is 57.9 Å². The smallest absolute Gasteiger partial charge is 0.401 e. The molecule has 0 atom stereocenters. The highest BCUT2D eigenvalue weighted by molar-refractivity contribution is 5.70. The molecule has 4 rings (SSSR count). The monoisotopic (exact) mass is 513 g/mol. The Bertz CT molecular complexity index is 1130. The maximum atomic E-state index is 5.90. The number of benzene rings is 2. The number of pyridine rings is 1. The van der Waals surface area contributed by atoms with Crippen molar-refractivity contribution in [2.75, 3.05) is 18.0 Å². The molecule has 0 saturated carbocycles. The number of azo groups is 1. The highest BCUT2D eigenvalue weighted by atomic mass is 127. The Balaban J connectivity index is 0.00000256. The van der Waals surface area contributed by atoms with Crippen molar-refractivity contribution in [2.45, 2.75) is 13.8 Å². The highest BCUT2D eigenvalue weighted by Gasteiger charge is 2.14. The van der Waals surface area contributed by atoms with Crippen molar-refractivity contribution < 1.29 is 33.0 Å². The van der Waals surface area contributed by atoms with Gasteiger partial charge in [-0.15, -0.1) is 0 Å². The fourth-order valence-corrected chi connectivity index (χ4v) is 3.24. The van der Waals surface area contributed by atoms with Gasteiger partial charge in [-0.25, -0.2) is 4.98 Å². The van der Waals surface area contributed by atoms with Crippen molar-refractivity contribution >= 4 is 28.3 Å². The average Bonchev–Trinajstić information content (AvgIpc) is 3.20. The Hall–Kier alpha value is -2.81. The minimum atomic E-state index is 0. The van der Waals surface area contributed by atoms with E-state index in [4.69, 9.17) is 4.42 Å². The molecule has 0 aliphatic rings. The van der Waals surface area contributed by atoms with Gasteiger partial charge >= 0.3 is 5.71 Å². The van der Waals surface area contributed by atoms with E-state index in [9.17, 15) is 0 Å². The van der Waals surface area contributed by atoms with Crippen LogP contribution in [0.25, 0.3) is 22.7 Å². The lowest BCUT2D eigenvalue weighted by Gasteiger charge is -2.20. The number of oxazole rings is 1. The summed E-state index contributed by atoms with van der Waals surface area (Å²) in [6.07, 6.45) is 1.94. The first-order valence-corrected chi connectivity index (χ1v) is 9.80. The second kappa shape index (κ2) is 9.80. The molecule has 6 nitrogen and oxygen atoms in total. The molecule has 0 bridgehead atoms. The molecule has 0 spiro atoms. The molecule has 0 amide bonds. The molecule has 0 unspecified atom stereocenters. The Morgan fingerprint density at radius 1 is 0.900 bits per heavy atom. The van der Waals surface area contributed by atoms with Gasteiger partial charge in [-0.2, -0.15) is 14.8 Å². The van der Waals surface area contributed by atoms with E-state index in [1.165, 1.54) is 5.69 Å². The second-order valence-electron chi connectivity index (χ2n) is 6.76. The lowest BCUT2D eigenvalue weighted by atomic mass is 10.2. The first-order valence-electron chi connectivity index (χ1n) is 9.80. The molecule has 0 aliphatic heterocycles. The van der Waals surface area contributed by atoms with E-state index < -0.39 is 0 Å². The largest absolute Gasteiger partial charge is 1.00 e. The van der Waals surface area contributed by atoms with Gasteiger partial charge in [-0.3, -0.25) is 0 Å². The van der Waals surface area contributed by atoms with Gasteiger partial charge in [-0.05, 0) is 68.4 Å². The van der Waals surface area contributed by atoms with E-state index in [-0.39, 0.29) is 24.0 Å². The van der Waals surface area contributed by atoms with Crippen LogP contribution in [0, 0.1) is 0 Å². The summed E-state index contributed by atoms with van der Waals surface area (Å²) in [5, 5.41) is 8.68. The van der Waals surface area contributed by atoms with Crippen LogP contribution in [0.3, 0.4) is 0 Å². The zero-order valence-corrected chi connectivity index (χ0v) is 19.4. The molecular formula is C23H24IN5O. The number of halogens is 1. The quantitative estimate of drug-likeness (QED) is 0.226. The normalized spacial score (nSPS) is 11.0. The van der Waals surface area contributed by atoms with Gasteiger partial charge in [0.05, 0.1) is 11.4 Å². The second-order valence-corrected chi connectivity index (χ2v) is 6.76. The standard InChI is InChI=1S/C23H24N5O.HI/c1-4-28(5-2)20-14-12-19(13-15-20)26-25-18-10-8-17(9-11-18)22-24-21-7-6-16-27(3)23(21)29-22;/h6-16H,4-5H2,1-3H3;1H/q+1;/p-1. The molecule has 2 aromatic heterocycles. The minimum Gasteiger partial charge on any atom is -1.00 e. The summed E-state index contributed by atoms with van der Waals surface area (Å²) < 4.78 is 7.81. The molecular weight excluding hydrogens is 489 g/mol.